The highest BCUT2D eigenvalue weighted by atomic mass is 16.7. The van der Waals surface area contributed by atoms with Crippen LogP contribution in [0.25, 0.3) is 0 Å². The van der Waals surface area contributed by atoms with Crippen molar-refractivity contribution in [2.45, 2.75) is 30.7 Å². The minimum atomic E-state index is -1.53. The lowest BCUT2D eigenvalue weighted by Crippen LogP contribution is -2.59. The number of hydrogen-bond donors (Lipinski definition) is 3. The zero-order chi connectivity index (χ0) is 23.3. The zero-order valence-corrected chi connectivity index (χ0v) is 17.4. The van der Waals surface area contributed by atoms with E-state index < -0.39 is 49.3 Å². The average Bonchev–Trinajstić information content (AvgIpc) is 2.82. The number of benzene rings is 2. The zero-order valence-electron chi connectivity index (χ0n) is 17.4. The highest BCUT2D eigenvalue weighted by Crippen LogP contribution is 2.29. The Morgan fingerprint density at radius 2 is 1.59 bits per heavy atom. The van der Waals surface area contributed by atoms with Crippen molar-refractivity contribution < 1.29 is 48.6 Å². The quantitative estimate of drug-likeness (QED) is 0.406. The molecule has 32 heavy (non-hydrogen) atoms. The van der Waals surface area contributed by atoms with Gasteiger partial charge in [0.2, 0.25) is 0 Å². The standard InChI is InChI=1S/C22H24O10/c1-28-15-10-13(8-9-14(15)31-21(27)12-6-4-3-5-7-12)20(26)30-11-16-17(23)18(24)19(25)22(29-2)32-16/h3-10,16-19,22-25H,11H2,1-2H3/t16-,17-,18+,19-,22-/m1/s1. The van der Waals surface area contributed by atoms with Crippen LogP contribution in [-0.2, 0) is 14.2 Å². The minimum Gasteiger partial charge on any atom is -0.493 e. The van der Waals surface area contributed by atoms with E-state index in [0.29, 0.717) is 5.56 Å². The van der Waals surface area contributed by atoms with Gasteiger partial charge in [0.05, 0.1) is 18.2 Å². The van der Waals surface area contributed by atoms with Gasteiger partial charge in [0.25, 0.3) is 0 Å². The van der Waals surface area contributed by atoms with Crippen LogP contribution in [-0.4, -0.2) is 78.8 Å². The van der Waals surface area contributed by atoms with Gasteiger partial charge >= 0.3 is 11.9 Å². The van der Waals surface area contributed by atoms with Crippen molar-refractivity contribution in [2.24, 2.45) is 0 Å². The molecule has 0 radical (unpaired) electrons. The summed E-state index contributed by atoms with van der Waals surface area (Å²) in [6.07, 6.45) is -6.77. The van der Waals surface area contributed by atoms with Gasteiger partial charge in [-0.2, -0.15) is 0 Å². The van der Waals surface area contributed by atoms with Crippen molar-refractivity contribution in [3.63, 3.8) is 0 Å². The molecule has 1 fully saturated rings. The Balaban J connectivity index is 1.65. The number of ether oxygens (including phenoxy) is 5. The predicted octanol–water partition coefficient (Wildman–Crippen LogP) is 0.525. The highest BCUT2D eigenvalue weighted by molar-refractivity contribution is 5.92. The molecule has 0 amide bonds. The number of aliphatic hydroxyl groups is 3. The highest BCUT2D eigenvalue weighted by Gasteiger charge is 2.44. The Labute approximate surface area is 183 Å². The molecule has 2 aromatic carbocycles. The van der Waals surface area contributed by atoms with Gasteiger partial charge in [-0.25, -0.2) is 9.59 Å². The topological polar surface area (TPSA) is 141 Å². The maximum Gasteiger partial charge on any atom is 0.343 e. The molecule has 1 aliphatic heterocycles. The van der Waals surface area contributed by atoms with E-state index in [1.807, 2.05) is 0 Å². The first-order chi connectivity index (χ1) is 15.3. The summed E-state index contributed by atoms with van der Waals surface area (Å²) >= 11 is 0. The third-order valence-corrected chi connectivity index (χ3v) is 4.89. The van der Waals surface area contributed by atoms with Gasteiger partial charge in [-0.3, -0.25) is 0 Å². The van der Waals surface area contributed by atoms with Crippen molar-refractivity contribution in [3.05, 3.63) is 59.7 Å². The van der Waals surface area contributed by atoms with Gasteiger partial charge in [-0.15, -0.1) is 0 Å². The van der Waals surface area contributed by atoms with Crippen molar-refractivity contribution in [3.8, 4) is 11.5 Å². The first kappa shape index (κ1) is 23.6. The molecule has 0 spiro atoms. The Kier molecular flexibility index (Phi) is 7.78. The van der Waals surface area contributed by atoms with Crippen molar-refractivity contribution >= 4 is 11.9 Å². The van der Waals surface area contributed by atoms with E-state index in [9.17, 15) is 24.9 Å². The molecule has 1 saturated heterocycles. The third-order valence-electron chi connectivity index (χ3n) is 4.89. The minimum absolute atomic E-state index is 0.0931. The molecule has 2 aromatic rings. The van der Waals surface area contributed by atoms with Gasteiger partial charge in [0.1, 0.15) is 31.0 Å². The Bertz CT molecular complexity index is 930. The predicted molar refractivity (Wildman–Crippen MR) is 108 cm³/mol. The van der Waals surface area contributed by atoms with Crippen LogP contribution in [0.5, 0.6) is 11.5 Å². The number of methoxy groups -OCH3 is 2. The molecule has 5 atom stereocenters. The number of carbonyl (C=O) groups is 2. The summed E-state index contributed by atoms with van der Waals surface area (Å²) < 4.78 is 26.0. The van der Waals surface area contributed by atoms with Crippen molar-refractivity contribution in [2.75, 3.05) is 20.8 Å². The molecule has 0 bridgehead atoms. The monoisotopic (exact) mass is 448 g/mol. The molecule has 0 saturated carbocycles. The van der Waals surface area contributed by atoms with E-state index >= 15 is 0 Å². The van der Waals surface area contributed by atoms with E-state index in [2.05, 4.69) is 0 Å². The van der Waals surface area contributed by atoms with E-state index in [4.69, 9.17) is 23.7 Å². The Morgan fingerprint density at radius 3 is 2.25 bits per heavy atom. The summed E-state index contributed by atoms with van der Waals surface area (Å²) in [5, 5.41) is 29.7. The lowest BCUT2D eigenvalue weighted by molar-refractivity contribution is -0.294. The summed E-state index contributed by atoms with van der Waals surface area (Å²) in [7, 11) is 2.62. The fourth-order valence-corrected chi connectivity index (χ4v) is 3.10. The average molecular weight is 448 g/mol. The number of aliphatic hydroxyl groups excluding tert-OH is 3. The number of esters is 2. The van der Waals surface area contributed by atoms with Gasteiger partial charge in [0.15, 0.2) is 17.8 Å². The first-order valence-electron chi connectivity index (χ1n) is 9.70. The molecular weight excluding hydrogens is 424 g/mol. The second-order valence-electron chi connectivity index (χ2n) is 6.97. The van der Waals surface area contributed by atoms with Gasteiger partial charge < -0.3 is 39.0 Å². The van der Waals surface area contributed by atoms with Crippen LogP contribution in [0, 0.1) is 0 Å². The van der Waals surface area contributed by atoms with Crippen molar-refractivity contribution in [1.82, 2.24) is 0 Å². The number of carbonyl (C=O) groups excluding carboxylic acids is 2. The molecule has 172 valence electrons. The summed E-state index contributed by atoms with van der Waals surface area (Å²) in [4.78, 5) is 24.7. The normalized spacial score (nSPS) is 25.1. The van der Waals surface area contributed by atoms with Crippen LogP contribution in [0.2, 0.25) is 0 Å². The lowest BCUT2D eigenvalue weighted by atomic mass is 9.99. The van der Waals surface area contributed by atoms with E-state index in [1.54, 1.807) is 30.3 Å². The van der Waals surface area contributed by atoms with Crippen LogP contribution in [0.3, 0.4) is 0 Å². The Morgan fingerprint density at radius 1 is 0.875 bits per heavy atom. The van der Waals surface area contributed by atoms with Crippen LogP contribution in [0.15, 0.2) is 48.5 Å². The summed E-state index contributed by atoms with van der Waals surface area (Å²) in [6, 6.07) is 12.5. The maximum atomic E-state index is 12.4. The smallest absolute Gasteiger partial charge is 0.343 e. The second-order valence-corrected chi connectivity index (χ2v) is 6.97. The largest absolute Gasteiger partial charge is 0.493 e. The number of rotatable bonds is 7. The van der Waals surface area contributed by atoms with E-state index in [1.165, 1.54) is 32.4 Å². The van der Waals surface area contributed by atoms with Crippen LogP contribution in [0.1, 0.15) is 20.7 Å². The fourth-order valence-electron chi connectivity index (χ4n) is 3.10. The van der Waals surface area contributed by atoms with Crippen molar-refractivity contribution in [1.29, 1.82) is 0 Å². The molecule has 0 aliphatic carbocycles. The summed E-state index contributed by atoms with van der Waals surface area (Å²) in [5.41, 5.74) is 0.446. The molecular formula is C22H24O10. The van der Waals surface area contributed by atoms with E-state index in [-0.39, 0.29) is 17.1 Å². The Hall–Kier alpha value is -3.02. The molecule has 10 heteroatoms. The molecule has 0 aromatic heterocycles. The second kappa shape index (κ2) is 10.5. The summed E-state index contributed by atoms with van der Waals surface area (Å²) in [6.45, 7) is -0.406. The van der Waals surface area contributed by atoms with E-state index in [0.717, 1.165) is 0 Å². The fraction of sp³-hybridized carbons (Fsp3) is 0.364. The van der Waals surface area contributed by atoms with Gasteiger partial charge in [-0.1, -0.05) is 18.2 Å². The summed E-state index contributed by atoms with van der Waals surface area (Å²) in [5.74, 6) is -1.11. The third kappa shape index (κ3) is 5.23. The lowest BCUT2D eigenvalue weighted by Gasteiger charge is -2.39. The molecule has 3 rings (SSSR count). The molecule has 10 nitrogen and oxygen atoms in total. The van der Waals surface area contributed by atoms with Gasteiger partial charge in [-0.05, 0) is 30.3 Å². The molecule has 1 aliphatic rings. The maximum absolute atomic E-state index is 12.4. The molecule has 3 N–H and O–H groups in total. The van der Waals surface area contributed by atoms with Crippen LogP contribution >= 0.6 is 0 Å². The molecule has 1 heterocycles. The van der Waals surface area contributed by atoms with Gasteiger partial charge in [0, 0.05) is 7.11 Å². The first-order valence-corrected chi connectivity index (χ1v) is 9.70. The molecule has 0 unspecified atom stereocenters. The van der Waals surface area contributed by atoms with Crippen LogP contribution in [0.4, 0.5) is 0 Å². The number of hydrogen-bond acceptors (Lipinski definition) is 10. The SMILES string of the molecule is COc1cc(C(=O)OC[C@H]2O[C@@H](OC)[C@H](O)[C@@H](O)[C@@H]2O)ccc1OC(=O)c1ccccc1. The van der Waals surface area contributed by atoms with Crippen LogP contribution < -0.4 is 9.47 Å².